The quantitative estimate of drug-likeness (QED) is 0.626. The number of hydrogen-bond donors (Lipinski definition) is 0. The summed E-state index contributed by atoms with van der Waals surface area (Å²) in [6.45, 7) is 3.38. The Morgan fingerprint density at radius 1 is 1.50 bits per heavy atom. The summed E-state index contributed by atoms with van der Waals surface area (Å²) in [5.41, 5.74) is 1.07. The Morgan fingerprint density at radius 3 is 2.90 bits per heavy atom. The van der Waals surface area contributed by atoms with Crippen molar-refractivity contribution in [3.63, 3.8) is 0 Å². The maximum Gasteiger partial charge on any atom is 0.326 e. The molecule has 20 heavy (non-hydrogen) atoms. The van der Waals surface area contributed by atoms with Crippen LogP contribution < -0.4 is 4.90 Å². The average molecular weight is 293 g/mol. The largest absolute Gasteiger partial charge is 0.462 e. The topological polar surface area (TPSA) is 63.7 Å². The van der Waals surface area contributed by atoms with Crippen molar-refractivity contribution in [1.82, 2.24) is 0 Å². The van der Waals surface area contributed by atoms with Gasteiger partial charge in [-0.2, -0.15) is 0 Å². The van der Waals surface area contributed by atoms with Crippen molar-refractivity contribution in [2.24, 2.45) is 0 Å². The number of rotatable bonds is 4. The first-order valence-electron chi connectivity index (χ1n) is 6.23. The molecular weight excluding hydrogens is 278 g/mol. The summed E-state index contributed by atoms with van der Waals surface area (Å²) in [6, 6.07) is 5.10. The van der Waals surface area contributed by atoms with E-state index in [9.17, 15) is 14.4 Å². The maximum absolute atomic E-state index is 12.0. The zero-order chi connectivity index (χ0) is 14.7. The summed E-state index contributed by atoms with van der Waals surface area (Å²) in [5, 5.41) is 0. The summed E-state index contributed by atoms with van der Waals surface area (Å²) < 4.78 is 5.06. The molecule has 0 fully saturated rings. The molecule has 1 amide bonds. The molecule has 1 aliphatic rings. The molecule has 0 aliphatic carbocycles. The third-order valence-corrected chi connectivity index (χ3v) is 3.76. The molecule has 1 aromatic carbocycles. The number of carbonyl (C=O) groups is 3. The van der Waals surface area contributed by atoms with Crippen LogP contribution in [0.5, 0.6) is 0 Å². The van der Waals surface area contributed by atoms with Crippen LogP contribution in [0.1, 0.15) is 24.2 Å². The van der Waals surface area contributed by atoms with Gasteiger partial charge in [0.1, 0.15) is 12.8 Å². The van der Waals surface area contributed by atoms with Crippen LogP contribution in [0.25, 0.3) is 0 Å². The van der Waals surface area contributed by atoms with E-state index in [0.29, 0.717) is 17.5 Å². The highest BCUT2D eigenvalue weighted by molar-refractivity contribution is 8.00. The van der Waals surface area contributed by atoms with Crippen molar-refractivity contribution in [2.75, 3.05) is 17.2 Å². The highest BCUT2D eigenvalue weighted by atomic mass is 32.2. The predicted molar refractivity (Wildman–Crippen MR) is 76.1 cm³/mol. The number of carbonyl (C=O) groups excluding carboxylic acids is 3. The SMILES string of the molecule is CC(C)OC(=O)CN1C(=O)CSc2ccc(C=O)cc21. The van der Waals surface area contributed by atoms with Crippen LogP contribution in [0.3, 0.4) is 0 Å². The first-order valence-corrected chi connectivity index (χ1v) is 7.21. The minimum atomic E-state index is -0.456. The smallest absolute Gasteiger partial charge is 0.326 e. The molecule has 1 aromatic rings. The number of amides is 1. The zero-order valence-electron chi connectivity index (χ0n) is 11.3. The van der Waals surface area contributed by atoms with Crippen LogP contribution in [-0.4, -0.2) is 36.6 Å². The van der Waals surface area contributed by atoms with Gasteiger partial charge in [-0.25, -0.2) is 0 Å². The minimum Gasteiger partial charge on any atom is -0.462 e. The minimum absolute atomic E-state index is 0.132. The molecule has 0 saturated heterocycles. The molecule has 0 atom stereocenters. The third-order valence-electron chi connectivity index (χ3n) is 2.72. The molecule has 0 spiro atoms. The van der Waals surface area contributed by atoms with E-state index in [1.165, 1.54) is 16.7 Å². The maximum atomic E-state index is 12.0. The Kier molecular flexibility index (Phi) is 4.44. The Bertz CT molecular complexity index is 556. The number of anilines is 1. The van der Waals surface area contributed by atoms with Crippen molar-refractivity contribution < 1.29 is 19.1 Å². The highest BCUT2D eigenvalue weighted by Crippen LogP contribution is 2.35. The highest BCUT2D eigenvalue weighted by Gasteiger charge is 2.27. The summed E-state index contributed by atoms with van der Waals surface area (Å²) in [7, 11) is 0. The van der Waals surface area contributed by atoms with Gasteiger partial charge >= 0.3 is 5.97 Å². The van der Waals surface area contributed by atoms with E-state index in [4.69, 9.17) is 4.74 Å². The van der Waals surface area contributed by atoms with Gasteiger partial charge in [0, 0.05) is 10.5 Å². The molecule has 2 rings (SSSR count). The van der Waals surface area contributed by atoms with Crippen molar-refractivity contribution in [3.8, 4) is 0 Å². The number of ether oxygens (including phenoxy) is 1. The number of esters is 1. The van der Waals surface area contributed by atoms with Crippen molar-refractivity contribution in [1.29, 1.82) is 0 Å². The summed E-state index contributed by atoms with van der Waals surface area (Å²) in [6.07, 6.45) is 0.492. The van der Waals surface area contributed by atoms with Crippen LogP contribution in [0.15, 0.2) is 23.1 Å². The summed E-state index contributed by atoms with van der Waals surface area (Å²) in [4.78, 5) is 36.8. The van der Waals surface area contributed by atoms with Crippen LogP contribution in [-0.2, 0) is 14.3 Å². The average Bonchev–Trinajstić information content (AvgIpc) is 2.40. The molecule has 1 heterocycles. The fourth-order valence-corrected chi connectivity index (χ4v) is 2.81. The summed E-state index contributed by atoms with van der Waals surface area (Å²) >= 11 is 1.40. The first-order chi connectivity index (χ1) is 9.51. The molecule has 0 unspecified atom stereocenters. The Balaban J connectivity index is 2.27. The fourth-order valence-electron chi connectivity index (χ4n) is 1.90. The van der Waals surface area contributed by atoms with Gasteiger partial charge in [-0.05, 0) is 26.0 Å². The van der Waals surface area contributed by atoms with Gasteiger partial charge in [0.25, 0.3) is 0 Å². The van der Waals surface area contributed by atoms with Crippen LogP contribution in [0.2, 0.25) is 0 Å². The van der Waals surface area contributed by atoms with Gasteiger partial charge < -0.3 is 4.74 Å². The van der Waals surface area contributed by atoms with E-state index in [2.05, 4.69) is 0 Å². The molecule has 5 nitrogen and oxygen atoms in total. The predicted octanol–water partition coefficient (Wildman–Crippen LogP) is 1.89. The van der Waals surface area contributed by atoms with E-state index in [1.54, 1.807) is 32.0 Å². The second kappa shape index (κ2) is 6.09. The Labute approximate surface area is 121 Å². The molecule has 1 aliphatic heterocycles. The molecular formula is C14H15NO4S. The van der Waals surface area contributed by atoms with Gasteiger partial charge in [0.15, 0.2) is 0 Å². The van der Waals surface area contributed by atoms with Crippen molar-refractivity contribution >= 4 is 35.6 Å². The summed E-state index contributed by atoms with van der Waals surface area (Å²) in [5.74, 6) is -0.337. The van der Waals surface area contributed by atoms with Gasteiger partial charge in [-0.1, -0.05) is 6.07 Å². The van der Waals surface area contributed by atoms with Crippen LogP contribution in [0.4, 0.5) is 5.69 Å². The molecule has 0 saturated carbocycles. The number of nitrogens with zero attached hydrogens (tertiary/aromatic N) is 1. The normalized spacial score (nSPS) is 14.2. The van der Waals surface area contributed by atoms with Gasteiger partial charge in [0.05, 0.1) is 17.5 Å². The number of benzene rings is 1. The molecule has 0 N–H and O–H groups in total. The Morgan fingerprint density at radius 2 is 2.25 bits per heavy atom. The fraction of sp³-hybridized carbons (Fsp3) is 0.357. The number of hydrogen-bond acceptors (Lipinski definition) is 5. The zero-order valence-corrected chi connectivity index (χ0v) is 12.1. The van der Waals surface area contributed by atoms with E-state index < -0.39 is 5.97 Å². The van der Waals surface area contributed by atoms with E-state index in [0.717, 1.165) is 4.90 Å². The third kappa shape index (κ3) is 3.19. The standard InChI is InChI=1S/C14H15NO4S/c1-9(2)19-14(18)6-15-11-5-10(7-16)3-4-12(11)20-8-13(15)17/h3-5,7,9H,6,8H2,1-2H3. The number of aldehydes is 1. The van der Waals surface area contributed by atoms with E-state index in [-0.39, 0.29) is 24.3 Å². The second-order valence-corrected chi connectivity index (χ2v) is 5.67. The lowest BCUT2D eigenvalue weighted by Gasteiger charge is -2.28. The molecule has 0 aromatic heterocycles. The number of thioether (sulfide) groups is 1. The lowest BCUT2D eigenvalue weighted by molar-refractivity contribution is -0.146. The molecule has 0 radical (unpaired) electrons. The van der Waals surface area contributed by atoms with E-state index >= 15 is 0 Å². The van der Waals surface area contributed by atoms with Gasteiger partial charge in [-0.3, -0.25) is 19.3 Å². The van der Waals surface area contributed by atoms with E-state index in [1.807, 2.05) is 0 Å². The van der Waals surface area contributed by atoms with Gasteiger partial charge in [-0.15, -0.1) is 11.8 Å². The lowest BCUT2D eigenvalue weighted by Crippen LogP contribution is -2.40. The van der Waals surface area contributed by atoms with Crippen molar-refractivity contribution in [2.45, 2.75) is 24.8 Å². The molecule has 106 valence electrons. The Hall–Kier alpha value is -1.82. The van der Waals surface area contributed by atoms with Crippen LogP contribution >= 0.6 is 11.8 Å². The van der Waals surface area contributed by atoms with Gasteiger partial charge in [0.2, 0.25) is 5.91 Å². The second-order valence-electron chi connectivity index (χ2n) is 4.65. The lowest BCUT2D eigenvalue weighted by atomic mass is 10.2. The number of fused-ring (bicyclic) bond motifs is 1. The first kappa shape index (κ1) is 14.6. The van der Waals surface area contributed by atoms with Crippen molar-refractivity contribution in [3.05, 3.63) is 23.8 Å². The monoisotopic (exact) mass is 293 g/mol. The van der Waals surface area contributed by atoms with Crippen LogP contribution in [0, 0.1) is 0 Å². The molecule has 6 heteroatoms. The molecule has 0 bridgehead atoms.